The molecule has 2 N–H and O–H groups in total. The molecule has 1 amide bonds. The molecule has 0 saturated carbocycles. The summed E-state index contributed by atoms with van der Waals surface area (Å²) in [5.41, 5.74) is 3.36. The average molecular weight is 509 g/mol. The van der Waals surface area contributed by atoms with Crippen molar-refractivity contribution in [3.63, 3.8) is 0 Å². The van der Waals surface area contributed by atoms with Crippen molar-refractivity contribution in [1.82, 2.24) is 5.48 Å². The highest BCUT2D eigenvalue weighted by Gasteiger charge is 2.14. The normalized spacial score (nSPS) is 10.7. The zero-order chi connectivity index (χ0) is 19.6. The predicted octanol–water partition coefficient (Wildman–Crippen LogP) is 4.15. The Hall–Kier alpha value is -1.46. The number of rotatable bonds is 10. The van der Waals surface area contributed by atoms with E-state index in [9.17, 15) is 9.18 Å². The van der Waals surface area contributed by atoms with Crippen LogP contribution in [0.1, 0.15) is 10.4 Å². The zero-order valence-electron chi connectivity index (χ0n) is 14.6. The van der Waals surface area contributed by atoms with E-state index in [-0.39, 0.29) is 17.9 Å². The second-order valence-electron chi connectivity index (χ2n) is 5.32. The number of hydroxylamine groups is 1. The molecule has 0 aliphatic carbocycles. The van der Waals surface area contributed by atoms with Crippen LogP contribution in [0.4, 0.5) is 15.8 Å². The molecular weight excluding hydrogens is 490 g/mol. The maximum absolute atomic E-state index is 13.7. The highest BCUT2D eigenvalue weighted by atomic mass is 127. The zero-order valence-corrected chi connectivity index (χ0v) is 17.5. The first kappa shape index (κ1) is 21.8. The number of amides is 1. The molecule has 0 saturated heterocycles. The van der Waals surface area contributed by atoms with Crippen LogP contribution in [0, 0.1) is 9.39 Å². The fraction of sp³-hybridized carbons (Fsp3) is 0.278. The quantitative estimate of drug-likeness (QED) is 0.287. The topological polar surface area (TPSA) is 68.8 Å². The largest absolute Gasteiger partial charge is 0.382 e. The van der Waals surface area contributed by atoms with Gasteiger partial charge in [-0.05, 0) is 59.0 Å². The fourth-order valence-corrected chi connectivity index (χ4v) is 2.97. The fourth-order valence-electron chi connectivity index (χ4n) is 2.07. The molecule has 0 aliphatic heterocycles. The molecule has 0 aromatic heterocycles. The van der Waals surface area contributed by atoms with Gasteiger partial charge in [0.25, 0.3) is 5.91 Å². The standard InChI is InChI=1S/C18H19ClFIN2O4/c1-25-6-7-26-8-9-27-23-18(24)14-4-2-12(20)10-17(14)22-16-5-3-13(21)11-15(16)19/h2-5,10-11,22H,6-9H2,1H3,(H,23,24). The SMILES string of the molecule is COCCOCCONC(=O)c1ccc(F)cc1Nc1ccc(I)cc1Cl. The third-order valence-electron chi connectivity index (χ3n) is 3.35. The number of ether oxygens (including phenoxy) is 2. The highest BCUT2D eigenvalue weighted by Crippen LogP contribution is 2.29. The lowest BCUT2D eigenvalue weighted by molar-refractivity contribution is -0.00935. The first-order chi connectivity index (χ1) is 13.0. The van der Waals surface area contributed by atoms with Crippen LogP contribution < -0.4 is 10.8 Å². The summed E-state index contributed by atoms with van der Waals surface area (Å²) >= 11 is 8.33. The predicted molar refractivity (Wildman–Crippen MR) is 110 cm³/mol. The first-order valence-electron chi connectivity index (χ1n) is 8.01. The molecule has 0 unspecified atom stereocenters. The Balaban J connectivity index is 1.99. The van der Waals surface area contributed by atoms with Crippen LogP contribution in [-0.2, 0) is 14.3 Å². The van der Waals surface area contributed by atoms with Crippen LogP contribution in [0.5, 0.6) is 0 Å². The Kier molecular flexibility index (Phi) is 9.22. The first-order valence-corrected chi connectivity index (χ1v) is 9.47. The summed E-state index contributed by atoms with van der Waals surface area (Å²) in [4.78, 5) is 17.4. The van der Waals surface area contributed by atoms with Crippen LogP contribution in [-0.4, -0.2) is 39.4 Å². The molecular formula is C18H19ClFIN2O4. The average Bonchev–Trinajstić information content (AvgIpc) is 2.63. The summed E-state index contributed by atoms with van der Waals surface area (Å²) in [5, 5.41) is 3.44. The molecule has 2 aromatic rings. The Bertz CT molecular complexity index is 779. The van der Waals surface area contributed by atoms with Crippen molar-refractivity contribution < 1.29 is 23.5 Å². The van der Waals surface area contributed by atoms with Gasteiger partial charge in [0.1, 0.15) is 5.82 Å². The van der Waals surface area contributed by atoms with Crippen molar-refractivity contribution in [2.45, 2.75) is 0 Å². The van der Waals surface area contributed by atoms with Crippen molar-refractivity contribution >= 4 is 51.5 Å². The molecule has 0 heterocycles. The Labute approximate surface area is 175 Å². The minimum atomic E-state index is -0.518. The molecule has 9 heteroatoms. The van der Waals surface area contributed by atoms with Gasteiger partial charge >= 0.3 is 0 Å². The number of carbonyl (C=O) groups excluding carboxylic acids is 1. The summed E-state index contributed by atoms with van der Waals surface area (Å²) in [6.07, 6.45) is 0. The maximum Gasteiger partial charge on any atom is 0.276 e. The van der Waals surface area contributed by atoms with Gasteiger partial charge in [-0.2, -0.15) is 0 Å². The molecule has 2 rings (SSSR count). The summed E-state index contributed by atoms with van der Waals surface area (Å²) < 4.78 is 24.7. The summed E-state index contributed by atoms with van der Waals surface area (Å²) in [7, 11) is 1.58. The van der Waals surface area contributed by atoms with Crippen LogP contribution in [0.3, 0.4) is 0 Å². The van der Waals surface area contributed by atoms with E-state index in [0.717, 1.165) is 3.57 Å². The van der Waals surface area contributed by atoms with E-state index in [0.29, 0.717) is 30.5 Å². The van der Waals surface area contributed by atoms with Gasteiger partial charge in [0, 0.05) is 10.7 Å². The lowest BCUT2D eigenvalue weighted by Crippen LogP contribution is -2.26. The molecule has 0 atom stereocenters. The second kappa shape index (κ2) is 11.4. The van der Waals surface area contributed by atoms with Crippen LogP contribution >= 0.6 is 34.2 Å². The highest BCUT2D eigenvalue weighted by molar-refractivity contribution is 14.1. The van der Waals surface area contributed by atoms with Crippen LogP contribution in [0.2, 0.25) is 5.02 Å². The molecule has 0 spiro atoms. The van der Waals surface area contributed by atoms with Gasteiger partial charge in [0.15, 0.2) is 0 Å². The summed E-state index contributed by atoms with van der Waals surface area (Å²) in [6.45, 7) is 1.40. The third-order valence-corrected chi connectivity index (χ3v) is 4.34. The minimum absolute atomic E-state index is 0.169. The molecule has 0 aliphatic rings. The number of nitrogens with one attached hydrogen (secondary N) is 2. The van der Waals surface area contributed by atoms with E-state index in [4.69, 9.17) is 25.9 Å². The number of benzene rings is 2. The van der Waals surface area contributed by atoms with Gasteiger partial charge in [-0.3, -0.25) is 9.63 Å². The van der Waals surface area contributed by atoms with Gasteiger partial charge in [0.05, 0.1) is 48.4 Å². The van der Waals surface area contributed by atoms with Gasteiger partial charge in [0.2, 0.25) is 0 Å². The van der Waals surface area contributed by atoms with E-state index < -0.39 is 11.7 Å². The van der Waals surface area contributed by atoms with Gasteiger partial charge in [-0.1, -0.05) is 11.6 Å². The molecule has 0 bridgehead atoms. The van der Waals surface area contributed by atoms with Crippen molar-refractivity contribution in [1.29, 1.82) is 0 Å². The van der Waals surface area contributed by atoms with Gasteiger partial charge < -0.3 is 14.8 Å². The van der Waals surface area contributed by atoms with E-state index in [1.54, 1.807) is 19.2 Å². The summed E-state index contributed by atoms with van der Waals surface area (Å²) in [6, 6.07) is 9.15. The van der Waals surface area contributed by atoms with Crippen molar-refractivity contribution in [2.24, 2.45) is 0 Å². The Morgan fingerprint density at radius 3 is 2.63 bits per heavy atom. The summed E-state index contributed by atoms with van der Waals surface area (Å²) in [5.74, 6) is -1.00. The molecule has 6 nitrogen and oxygen atoms in total. The smallest absolute Gasteiger partial charge is 0.276 e. The Morgan fingerprint density at radius 2 is 1.89 bits per heavy atom. The van der Waals surface area contributed by atoms with Crippen LogP contribution in [0.15, 0.2) is 36.4 Å². The van der Waals surface area contributed by atoms with Crippen molar-refractivity contribution in [3.8, 4) is 0 Å². The van der Waals surface area contributed by atoms with Gasteiger partial charge in [-0.15, -0.1) is 0 Å². The molecule has 2 aromatic carbocycles. The number of halogens is 3. The molecule has 0 radical (unpaired) electrons. The number of methoxy groups -OCH3 is 1. The van der Waals surface area contributed by atoms with E-state index in [1.807, 2.05) is 6.07 Å². The number of anilines is 2. The van der Waals surface area contributed by atoms with Crippen molar-refractivity contribution in [3.05, 3.63) is 56.4 Å². The molecule has 146 valence electrons. The molecule has 0 fully saturated rings. The van der Waals surface area contributed by atoms with Gasteiger partial charge in [-0.25, -0.2) is 9.87 Å². The monoisotopic (exact) mass is 508 g/mol. The Morgan fingerprint density at radius 1 is 1.11 bits per heavy atom. The maximum atomic E-state index is 13.7. The number of carbonyl (C=O) groups is 1. The van der Waals surface area contributed by atoms with E-state index in [2.05, 4.69) is 33.4 Å². The van der Waals surface area contributed by atoms with Crippen LogP contribution in [0.25, 0.3) is 0 Å². The second-order valence-corrected chi connectivity index (χ2v) is 6.98. The van der Waals surface area contributed by atoms with Crippen molar-refractivity contribution in [2.75, 3.05) is 38.9 Å². The van der Waals surface area contributed by atoms with E-state index in [1.165, 1.54) is 18.2 Å². The lowest BCUT2D eigenvalue weighted by Gasteiger charge is -2.14. The number of hydrogen-bond donors (Lipinski definition) is 2. The minimum Gasteiger partial charge on any atom is -0.382 e. The molecule has 27 heavy (non-hydrogen) atoms. The third kappa shape index (κ3) is 7.23. The van der Waals surface area contributed by atoms with E-state index >= 15 is 0 Å². The number of hydrogen-bond acceptors (Lipinski definition) is 5. The lowest BCUT2D eigenvalue weighted by atomic mass is 10.1.